The number of carbonyl (C=O) groups excluding carboxylic acids is 1. The lowest BCUT2D eigenvalue weighted by atomic mass is 10.0. The molecule has 0 spiro atoms. The first-order valence-electron chi connectivity index (χ1n) is 6.75. The normalized spacial score (nSPS) is 16.5. The zero-order chi connectivity index (χ0) is 13.5. The van der Waals surface area contributed by atoms with Crippen LogP contribution >= 0.6 is 0 Å². The lowest BCUT2D eigenvalue weighted by molar-refractivity contribution is 0.0965. The summed E-state index contributed by atoms with van der Waals surface area (Å²) >= 11 is 0. The van der Waals surface area contributed by atoms with Crippen LogP contribution in [0.1, 0.15) is 29.6 Å². The number of unbranched alkanes of at least 4 members (excludes halogenated alkanes) is 1. The van der Waals surface area contributed by atoms with Crippen LogP contribution in [0.5, 0.6) is 0 Å². The minimum absolute atomic E-state index is 0.154. The van der Waals surface area contributed by atoms with Crippen LogP contribution in [0.4, 0.5) is 5.69 Å². The second kappa shape index (κ2) is 6.90. The Kier molecular flexibility index (Phi) is 4.93. The number of rotatable bonds is 4. The highest BCUT2D eigenvalue weighted by molar-refractivity contribution is 6.02. The van der Waals surface area contributed by atoms with Crippen molar-refractivity contribution in [3.63, 3.8) is 0 Å². The van der Waals surface area contributed by atoms with Crippen LogP contribution in [-0.4, -0.2) is 18.4 Å². The van der Waals surface area contributed by atoms with Crippen molar-refractivity contribution in [2.24, 2.45) is 5.73 Å². The predicted octanol–water partition coefficient (Wildman–Crippen LogP) is 2.92. The largest absolute Gasteiger partial charge is 0.375 e. The van der Waals surface area contributed by atoms with Gasteiger partial charge in [0.05, 0.1) is 6.04 Å². The van der Waals surface area contributed by atoms with Gasteiger partial charge in [-0.15, -0.1) is 0 Å². The average Bonchev–Trinajstić information content (AvgIpc) is 2.58. The SMILES string of the molecule is NCCCCC1Nc2ccccccc(cc2)C1=O. The van der Waals surface area contributed by atoms with E-state index in [1.807, 2.05) is 48.5 Å². The molecule has 1 atom stereocenters. The maximum absolute atomic E-state index is 12.4. The molecule has 0 radical (unpaired) electrons. The molecule has 1 aliphatic rings. The molecule has 0 fully saturated rings. The van der Waals surface area contributed by atoms with Crippen molar-refractivity contribution in [1.29, 1.82) is 0 Å². The first kappa shape index (κ1) is 13.6. The molecular weight excluding hydrogens is 236 g/mol. The van der Waals surface area contributed by atoms with E-state index in [0.717, 1.165) is 30.5 Å². The fraction of sp³-hybridized carbons (Fsp3) is 0.312. The summed E-state index contributed by atoms with van der Waals surface area (Å²) in [5, 5.41) is 3.32. The second-order valence-corrected chi connectivity index (χ2v) is 4.69. The summed E-state index contributed by atoms with van der Waals surface area (Å²) in [6.07, 6.45) is 2.74. The van der Waals surface area contributed by atoms with Gasteiger partial charge in [0.2, 0.25) is 0 Å². The smallest absolute Gasteiger partial charge is 0.184 e. The maximum atomic E-state index is 12.4. The van der Waals surface area contributed by atoms with E-state index in [9.17, 15) is 4.79 Å². The molecule has 3 N–H and O–H groups in total. The molecule has 19 heavy (non-hydrogen) atoms. The molecule has 1 unspecified atom stereocenters. The number of anilines is 1. The van der Waals surface area contributed by atoms with E-state index in [-0.39, 0.29) is 11.8 Å². The third kappa shape index (κ3) is 3.80. The van der Waals surface area contributed by atoms with Crippen molar-refractivity contribution < 1.29 is 4.79 Å². The van der Waals surface area contributed by atoms with Gasteiger partial charge >= 0.3 is 0 Å². The first-order valence-corrected chi connectivity index (χ1v) is 6.75. The Morgan fingerprint density at radius 2 is 1.79 bits per heavy atom. The molecule has 0 aromatic heterocycles. The highest BCUT2D eigenvalue weighted by atomic mass is 16.1. The van der Waals surface area contributed by atoms with Crippen molar-refractivity contribution in [2.45, 2.75) is 25.3 Å². The molecule has 0 amide bonds. The Morgan fingerprint density at radius 3 is 2.58 bits per heavy atom. The lowest BCUT2D eigenvalue weighted by Crippen LogP contribution is -2.28. The monoisotopic (exact) mass is 256 g/mol. The van der Waals surface area contributed by atoms with E-state index in [0.29, 0.717) is 6.54 Å². The highest BCUT2D eigenvalue weighted by Gasteiger charge is 2.20. The Hall–Kier alpha value is -1.87. The Balaban J connectivity index is 2.29. The van der Waals surface area contributed by atoms with Crippen molar-refractivity contribution >= 4 is 11.5 Å². The van der Waals surface area contributed by atoms with Gasteiger partial charge in [0.1, 0.15) is 0 Å². The molecule has 1 heterocycles. The maximum Gasteiger partial charge on any atom is 0.184 e. The number of Topliss-reactive ketones (excluding diaryl/α,β-unsaturated/α-hetero) is 1. The van der Waals surface area contributed by atoms with E-state index in [1.165, 1.54) is 0 Å². The fourth-order valence-corrected chi connectivity index (χ4v) is 2.16. The number of hydrogen-bond donors (Lipinski definition) is 2. The van der Waals surface area contributed by atoms with Gasteiger partial charge in [-0.05, 0) is 44.0 Å². The molecule has 1 aromatic carbocycles. The van der Waals surface area contributed by atoms with Crippen molar-refractivity contribution in [3.8, 4) is 0 Å². The Labute approximate surface area is 114 Å². The quantitative estimate of drug-likeness (QED) is 0.814. The van der Waals surface area contributed by atoms with Crippen LogP contribution in [0.3, 0.4) is 0 Å². The topological polar surface area (TPSA) is 55.1 Å². The van der Waals surface area contributed by atoms with Gasteiger partial charge in [-0.2, -0.15) is 0 Å². The highest BCUT2D eigenvalue weighted by Crippen LogP contribution is 2.17. The van der Waals surface area contributed by atoms with Gasteiger partial charge in [0.15, 0.2) is 5.78 Å². The third-order valence-electron chi connectivity index (χ3n) is 3.22. The van der Waals surface area contributed by atoms with Crippen molar-refractivity contribution in [1.82, 2.24) is 0 Å². The summed E-state index contributed by atoms with van der Waals surface area (Å²) in [4.78, 5) is 12.4. The minimum atomic E-state index is -0.154. The predicted molar refractivity (Wildman–Crippen MR) is 78.7 cm³/mol. The summed E-state index contributed by atoms with van der Waals surface area (Å²) in [7, 11) is 0. The fourth-order valence-electron chi connectivity index (χ4n) is 2.16. The molecule has 0 saturated carbocycles. The zero-order valence-electron chi connectivity index (χ0n) is 11.0. The Bertz CT molecular complexity index is 498. The number of carbonyl (C=O) groups is 1. The van der Waals surface area contributed by atoms with Gasteiger partial charge in [-0.1, -0.05) is 30.3 Å². The van der Waals surface area contributed by atoms with Gasteiger partial charge in [0.25, 0.3) is 0 Å². The van der Waals surface area contributed by atoms with E-state index in [2.05, 4.69) is 5.32 Å². The summed E-state index contributed by atoms with van der Waals surface area (Å²) in [5.74, 6) is 0.156. The molecule has 3 nitrogen and oxygen atoms in total. The number of fused-ring (bicyclic) bond motifs is 3. The lowest BCUT2D eigenvalue weighted by Gasteiger charge is -2.16. The number of nitrogens with one attached hydrogen (secondary N) is 1. The Morgan fingerprint density at radius 1 is 1.00 bits per heavy atom. The number of hydrogen-bond acceptors (Lipinski definition) is 3. The number of ketones is 1. The molecule has 2 rings (SSSR count). The summed E-state index contributed by atoms with van der Waals surface area (Å²) in [6.45, 7) is 0.677. The van der Waals surface area contributed by atoms with Crippen LogP contribution in [-0.2, 0) is 0 Å². The molecule has 0 aliphatic carbocycles. The summed E-state index contributed by atoms with van der Waals surface area (Å²) in [5.41, 5.74) is 7.23. The van der Waals surface area contributed by atoms with Gasteiger partial charge in [0, 0.05) is 11.3 Å². The summed E-state index contributed by atoms with van der Waals surface area (Å²) < 4.78 is 0. The molecule has 1 aliphatic heterocycles. The molecule has 3 heteroatoms. The molecule has 0 saturated heterocycles. The molecular formula is C16H20N2O. The van der Waals surface area contributed by atoms with E-state index < -0.39 is 0 Å². The third-order valence-corrected chi connectivity index (χ3v) is 3.22. The second-order valence-electron chi connectivity index (χ2n) is 4.69. The van der Waals surface area contributed by atoms with Gasteiger partial charge < -0.3 is 11.1 Å². The van der Waals surface area contributed by atoms with E-state index >= 15 is 0 Å². The molecule has 1 aromatic rings. The van der Waals surface area contributed by atoms with Crippen molar-refractivity contribution in [2.75, 3.05) is 11.9 Å². The van der Waals surface area contributed by atoms with Crippen LogP contribution in [0.25, 0.3) is 0 Å². The molecule has 100 valence electrons. The minimum Gasteiger partial charge on any atom is -0.375 e. The van der Waals surface area contributed by atoms with Crippen LogP contribution in [0, 0.1) is 0 Å². The molecule has 2 bridgehead atoms. The van der Waals surface area contributed by atoms with E-state index in [1.54, 1.807) is 0 Å². The van der Waals surface area contributed by atoms with Crippen LogP contribution < -0.4 is 11.1 Å². The number of nitrogens with two attached hydrogens (primary N) is 1. The van der Waals surface area contributed by atoms with Crippen LogP contribution in [0.2, 0.25) is 0 Å². The standard InChI is InChI=1S/C16H20N2O/c17-12-6-5-9-15-16(19)13-7-3-1-2-4-8-14(18-15)11-10-13/h1-4,7-8,10-11,15,18H,5-6,9,12,17H2. The van der Waals surface area contributed by atoms with Gasteiger partial charge in [-0.3, -0.25) is 4.79 Å². The first-order chi connectivity index (χ1) is 9.31. The van der Waals surface area contributed by atoms with Crippen LogP contribution in [0.15, 0.2) is 48.5 Å². The van der Waals surface area contributed by atoms with Gasteiger partial charge in [-0.25, -0.2) is 0 Å². The van der Waals surface area contributed by atoms with E-state index in [4.69, 9.17) is 5.73 Å². The van der Waals surface area contributed by atoms with Crippen molar-refractivity contribution in [3.05, 3.63) is 54.1 Å². The average molecular weight is 256 g/mol. The summed E-state index contributed by atoms with van der Waals surface area (Å²) in [6, 6.07) is 15.3. The zero-order valence-corrected chi connectivity index (χ0v) is 11.0.